The fraction of sp³-hybridized carbons (Fsp3) is 0.250. The summed E-state index contributed by atoms with van der Waals surface area (Å²) in [5.41, 5.74) is 4.46. The lowest BCUT2D eigenvalue weighted by Gasteiger charge is -2.36. The van der Waals surface area contributed by atoms with Crippen molar-refractivity contribution in [3.8, 4) is 11.3 Å². The largest absolute Gasteiger partial charge is 0.354 e. The summed E-state index contributed by atoms with van der Waals surface area (Å²) < 4.78 is 0. The number of hydrogen-bond donors (Lipinski definition) is 3. The first-order valence-corrected chi connectivity index (χ1v) is 10.6. The molecule has 0 radical (unpaired) electrons. The number of urea groups is 1. The van der Waals surface area contributed by atoms with E-state index in [0.717, 1.165) is 60.2 Å². The number of carbonyl (C=O) groups excluding carboxylic acids is 1. The van der Waals surface area contributed by atoms with Crippen molar-refractivity contribution in [3.63, 3.8) is 0 Å². The van der Waals surface area contributed by atoms with Crippen molar-refractivity contribution in [2.45, 2.75) is 12.6 Å². The summed E-state index contributed by atoms with van der Waals surface area (Å²) in [6, 6.07) is 18.5. The van der Waals surface area contributed by atoms with Crippen LogP contribution in [-0.4, -0.2) is 58.0 Å². The maximum absolute atomic E-state index is 12.6. The van der Waals surface area contributed by atoms with Gasteiger partial charge in [0.1, 0.15) is 0 Å². The molecule has 0 spiro atoms. The summed E-state index contributed by atoms with van der Waals surface area (Å²) in [7, 11) is 0. The van der Waals surface area contributed by atoms with Gasteiger partial charge < -0.3 is 20.2 Å². The van der Waals surface area contributed by atoms with E-state index < -0.39 is 0 Å². The molecule has 3 N–H and O–H groups in total. The van der Waals surface area contributed by atoms with Gasteiger partial charge in [-0.05, 0) is 41.3 Å². The van der Waals surface area contributed by atoms with E-state index in [1.165, 1.54) is 5.56 Å². The molecule has 7 nitrogen and oxygen atoms in total. The Bertz CT molecular complexity index is 1370. The van der Waals surface area contributed by atoms with E-state index in [1.807, 2.05) is 35.2 Å². The third-order valence-corrected chi connectivity index (χ3v) is 6.45. The van der Waals surface area contributed by atoms with Crippen LogP contribution in [0.2, 0.25) is 0 Å². The monoisotopic (exact) mass is 413 g/mol. The van der Waals surface area contributed by atoms with Crippen molar-refractivity contribution in [2.75, 3.05) is 26.2 Å². The lowest BCUT2D eigenvalue weighted by atomic mass is 10.1. The smallest absolute Gasteiger partial charge is 0.317 e. The highest BCUT2D eigenvalue weighted by atomic mass is 16.2. The Balaban J connectivity index is 1.27. The third kappa shape index (κ3) is 3.18. The van der Waals surface area contributed by atoms with E-state index in [-0.39, 0.29) is 17.6 Å². The van der Waals surface area contributed by atoms with Crippen molar-refractivity contribution >= 4 is 27.8 Å². The number of nitrogens with zero attached hydrogens (tertiary/aromatic N) is 2. The summed E-state index contributed by atoms with van der Waals surface area (Å²) in [6.07, 6.45) is 0. The van der Waals surface area contributed by atoms with Crippen LogP contribution in [0.1, 0.15) is 5.56 Å². The zero-order chi connectivity index (χ0) is 20.9. The Morgan fingerprint density at radius 2 is 1.77 bits per heavy atom. The van der Waals surface area contributed by atoms with Gasteiger partial charge in [-0.2, -0.15) is 0 Å². The van der Waals surface area contributed by atoms with Gasteiger partial charge in [0.05, 0.1) is 17.3 Å². The quantitative estimate of drug-likeness (QED) is 0.483. The number of amides is 2. The van der Waals surface area contributed by atoms with Crippen molar-refractivity contribution in [1.82, 2.24) is 25.1 Å². The molecule has 4 aromatic rings. The average molecular weight is 413 g/mol. The van der Waals surface area contributed by atoms with Crippen molar-refractivity contribution in [3.05, 3.63) is 70.5 Å². The van der Waals surface area contributed by atoms with E-state index in [0.29, 0.717) is 5.56 Å². The molecule has 2 aromatic carbocycles. The van der Waals surface area contributed by atoms with Crippen molar-refractivity contribution in [2.24, 2.45) is 0 Å². The first kappa shape index (κ1) is 18.2. The highest BCUT2D eigenvalue weighted by Gasteiger charge is 2.35. The number of aromatic nitrogens is 2. The van der Waals surface area contributed by atoms with Crippen LogP contribution in [-0.2, 0) is 6.54 Å². The van der Waals surface area contributed by atoms with E-state index in [9.17, 15) is 9.59 Å². The molecular weight excluding hydrogens is 390 g/mol. The van der Waals surface area contributed by atoms with Crippen LogP contribution >= 0.6 is 0 Å². The topological polar surface area (TPSA) is 84.2 Å². The molecule has 4 heterocycles. The predicted molar refractivity (Wildman–Crippen MR) is 121 cm³/mol. The van der Waals surface area contributed by atoms with Gasteiger partial charge in [0.25, 0.3) is 5.56 Å². The van der Waals surface area contributed by atoms with Crippen LogP contribution in [0.4, 0.5) is 4.79 Å². The third-order valence-electron chi connectivity index (χ3n) is 6.45. The van der Waals surface area contributed by atoms with Crippen LogP contribution in [0.5, 0.6) is 0 Å². The van der Waals surface area contributed by atoms with E-state index in [4.69, 9.17) is 0 Å². The SMILES string of the molecule is O=C1NCC2CN(Cc3ccc4[nH]c(-c5cc6ccccc6[nH]c5=O)cc4c3)CCN12. The van der Waals surface area contributed by atoms with Gasteiger partial charge in [0.2, 0.25) is 0 Å². The molecule has 2 aliphatic rings. The fourth-order valence-corrected chi connectivity index (χ4v) is 4.84. The van der Waals surface area contributed by atoms with Crippen LogP contribution in [0, 0.1) is 0 Å². The summed E-state index contributed by atoms with van der Waals surface area (Å²) >= 11 is 0. The van der Waals surface area contributed by atoms with Gasteiger partial charge in [-0.1, -0.05) is 24.3 Å². The van der Waals surface area contributed by atoms with Crippen LogP contribution in [0.15, 0.2) is 59.4 Å². The number of pyridine rings is 1. The molecule has 1 unspecified atom stereocenters. The zero-order valence-corrected chi connectivity index (χ0v) is 17.0. The van der Waals surface area contributed by atoms with Gasteiger partial charge in [-0.25, -0.2) is 4.79 Å². The number of para-hydroxylation sites is 1. The Kier molecular flexibility index (Phi) is 4.11. The molecule has 0 saturated carbocycles. The lowest BCUT2D eigenvalue weighted by molar-refractivity contribution is 0.116. The molecule has 6 rings (SSSR count). The molecule has 2 fully saturated rings. The minimum atomic E-state index is -0.0944. The Hall–Kier alpha value is -3.58. The summed E-state index contributed by atoms with van der Waals surface area (Å²) in [5, 5.41) is 5.04. The molecule has 2 aliphatic heterocycles. The molecule has 31 heavy (non-hydrogen) atoms. The van der Waals surface area contributed by atoms with E-state index >= 15 is 0 Å². The Labute approximate surface area is 178 Å². The lowest BCUT2D eigenvalue weighted by Crippen LogP contribution is -2.51. The number of carbonyl (C=O) groups is 1. The maximum Gasteiger partial charge on any atom is 0.317 e. The highest BCUT2D eigenvalue weighted by Crippen LogP contribution is 2.25. The highest BCUT2D eigenvalue weighted by molar-refractivity contribution is 5.89. The van der Waals surface area contributed by atoms with Crippen LogP contribution < -0.4 is 10.9 Å². The number of benzene rings is 2. The van der Waals surface area contributed by atoms with E-state index in [2.05, 4.69) is 44.5 Å². The normalized spacial score (nSPS) is 19.2. The van der Waals surface area contributed by atoms with E-state index in [1.54, 1.807) is 0 Å². The van der Waals surface area contributed by atoms with Crippen LogP contribution in [0.3, 0.4) is 0 Å². The molecule has 156 valence electrons. The molecule has 2 saturated heterocycles. The number of H-pyrrole nitrogens is 2. The molecule has 2 aromatic heterocycles. The minimum absolute atomic E-state index is 0.0644. The number of nitrogens with one attached hydrogen (secondary N) is 3. The molecule has 0 aliphatic carbocycles. The number of rotatable bonds is 3. The van der Waals surface area contributed by atoms with Gasteiger partial charge in [0, 0.05) is 49.1 Å². The predicted octanol–water partition coefficient (Wildman–Crippen LogP) is 2.89. The molecular formula is C24H23N5O2. The van der Waals surface area contributed by atoms with Crippen molar-refractivity contribution in [1.29, 1.82) is 0 Å². The molecule has 2 amide bonds. The number of fused-ring (bicyclic) bond motifs is 3. The first-order valence-electron chi connectivity index (χ1n) is 10.6. The Morgan fingerprint density at radius 3 is 2.71 bits per heavy atom. The van der Waals surface area contributed by atoms with Gasteiger partial charge in [-0.3, -0.25) is 9.69 Å². The first-order chi connectivity index (χ1) is 15.1. The van der Waals surface area contributed by atoms with Crippen molar-refractivity contribution < 1.29 is 4.79 Å². The van der Waals surface area contributed by atoms with Gasteiger partial charge >= 0.3 is 6.03 Å². The zero-order valence-electron chi connectivity index (χ0n) is 17.0. The second-order valence-electron chi connectivity index (χ2n) is 8.47. The minimum Gasteiger partial charge on any atom is -0.354 e. The van der Waals surface area contributed by atoms with Crippen LogP contribution in [0.25, 0.3) is 33.1 Å². The standard InChI is InChI=1S/C24H23N5O2/c30-23-19(10-16-3-1-2-4-20(16)27-23)22-11-17-9-15(5-6-21(17)26-22)13-28-7-8-29-18(14-28)12-25-24(29)31/h1-6,9-11,18,26H,7-8,12-14H2,(H,25,31)(H,27,30). The summed E-state index contributed by atoms with van der Waals surface area (Å²) in [6.45, 7) is 4.13. The number of hydrogen-bond acceptors (Lipinski definition) is 3. The number of aromatic amines is 2. The summed E-state index contributed by atoms with van der Waals surface area (Å²) in [4.78, 5) is 35.2. The summed E-state index contributed by atoms with van der Waals surface area (Å²) in [5.74, 6) is 0. The molecule has 7 heteroatoms. The number of piperazine rings is 1. The van der Waals surface area contributed by atoms with Gasteiger partial charge in [-0.15, -0.1) is 0 Å². The fourth-order valence-electron chi connectivity index (χ4n) is 4.84. The second-order valence-corrected chi connectivity index (χ2v) is 8.47. The Morgan fingerprint density at radius 1 is 0.903 bits per heavy atom. The average Bonchev–Trinajstić information content (AvgIpc) is 3.36. The maximum atomic E-state index is 12.6. The van der Waals surface area contributed by atoms with Gasteiger partial charge in [0.15, 0.2) is 0 Å². The molecule has 1 atom stereocenters. The second kappa shape index (κ2) is 6.99. The molecule has 0 bridgehead atoms.